The van der Waals surface area contributed by atoms with E-state index in [0.29, 0.717) is 6.61 Å². The second kappa shape index (κ2) is 8.56. The SMILES string of the molecule is CCCCCCOC(=O)Cc1ccccc1OC. The van der Waals surface area contributed by atoms with E-state index in [1.54, 1.807) is 7.11 Å². The Morgan fingerprint density at radius 3 is 2.67 bits per heavy atom. The lowest BCUT2D eigenvalue weighted by Gasteiger charge is -2.08. The molecule has 0 bridgehead atoms. The molecule has 0 spiro atoms. The van der Waals surface area contributed by atoms with Gasteiger partial charge in [0.1, 0.15) is 5.75 Å². The highest BCUT2D eigenvalue weighted by atomic mass is 16.5. The lowest BCUT2D eigenvalue weighted by molar-refractivity contribution is -0.143. The minimum atomic E-state index is -0.184. The number of unbranched alkanes of at least 4 members (excludes halogenated alkanes) is 3. The van der Waals surface area contributed by atoms with Crippen molar-refractivity contribution < 1.29 is 14.3 Å². The summed E-state index contributed by atoms with van der Waals surface area (Å²) in [7, 11) is 1.61. The van der Waals surface area contributed by atoms with E-state index in [0.717, 1.165) is 24.2 Å². The molecule has 0 heterocycles. The molecule has 3 heteroatoms. The van der Waals surface area contributed by atoms with Crippen molar-refractivity contribution in [1.29, 1.82) is 0 Å². The van der Waals surface area contributed by atoms with E-state index in [4.69, 9.17) is 9.47 Å². The zero-order chi connectivity index (χ0) is 13.2. The van der Waals surface area contributed by atoms with Crippen LogP contribution in [-0.2, 0) is 16.0 Å². The summed E-state index contributed by atoms with van der Waals surface area (Å²) >= 11 is 0. The summed E-state index contributed by atoms with van der Waals surface area (Å²) in [6.07, 6.45) is 4.74. The summed E-state index contributed by atoms with van der Waals surface area (Å²) in [4.78, 5) is 11.6. The second-order valence-electron chi connectivity index (χ2n) is 4.27. The Kier molecular flexibility index (Phi) is 6.92. The van der Waals surface area contributed by atoms with Crippen molar-refractivity contribution in [3.63, 3.8) is 0 Å². The number of esters is 1. The molecule has 0 N–H and O–H groups in total. The molecular formula is C15H22O3. The molecule has 0 aromatic heterocycles. The van der Waals surface area contributed by atoms with E-state index in [9.17, 15) is 4.79 Å². The van der Waals surface area contributed by atoms with Crippen molar-refractivity contribution >= 4 is 5.97 Å². The maximum absolute atomic E-state index is 11.6. The first-order valence-electron chi connectivity index (χ1n) is 6.55. The molecule has 0 amide bonds. The van der Waals surface area contributed by atoms with Gasteiger partial charge in [0.25, 0.3) is 0 Å². The summed E-state index contributed by atoms with van der Waals surface area (Å²) in [5.74, 6) is 0.552. The number of para-hydroxylation sites is 1. The number of carbonyl (C=O) groups is 1. The van der Waals surface area contributed by atoms with Gasteiger partial charge in [-0.05, 0) is 12.5 Å². The predicted octanol–water partition coefficient (Wildman–Crippen LogP) is 3.36. The van der Waals surface area contributed by atoms with Gasteiger partial charge in [0.15, 0.2) is 0 Å². The third-order valence-corrected chi connectivity index (χ3v) is 2.79. The van der Waals surface area contributed by atoms with Crippen LogP contribution in [0, 0.1) is 0 Å². The van der Waals surface area contributed by atoms with Crippen LogP contribution in [0.2, 0.25) is 0 Å². The Labute approximate surface area is 109 Å². The smallest absolute Gasteiger partial charge is 0.310 e. The van der Waals surface area contributed by atoms with Gasteiger partial charge in [0.2, 0.25) is 0 Å². The summed E-state index contributed by atoms with van der Waals surface area (Å²) < 4.78 is 10.4. The third-order valence-electron chi connectivity index (χ3n) is 2.79. The molecule has 0 radical (unpaired) electrons. The molecule has 100 valence electrons. The fourth-order valence-corrected chi connectivity index (χ4v) is 1.77. The molecule has 18 heavy (non-hydrogen) atoms. The Bertz CT molecular complexity index is 361. The largest absolute Gasteiger partial charge is 0.496 e. The van der Waals surface area contributed by atoms with Gasteiger partial charge in [-0.2, -0.15) is 0 Å². The highest BCUT2D eigenvalue weighted by molar-refractivity contribution is 5.73. The zero-order valence-corrected chi connectivity index (χ0v) is 11.3. The quantitative estimate of drug-likeness (QED) is 0.524. The Hall–Kier alpha value is -1.51. The van der Waals surface area contributed by atoms with E-state index in [2.05, 4.69) is 6.92 Å². The molecule has 0 saturated heterocycles. The van der Waals surface area contributed by atoms with Gasteiger partial charge in [-0.15, -0.1) is 0 Å². The monoisotopic (exact) mass is 250 g/mol. The van der Waals surface area contributed by atoms with Gasteiger partial charge in [0.05, 0.1) is 20.1 Å². The minimum absolute atomic E-state index is 0.184. The average Bonchev–Trinajstić information content (AvgIpc) is 2.39. The topological polar surface area (TPSA) is 35.5 Å². The number of carbonyl (C=O) groups excluding carboxylic acids is 1. The second-order valence-corrected chi connectivity index (χ2v) is 4.27. The fourth-order valence-electron chi connectivity index (χ4n) is 1.77. The van der Waals surface area contributed by atoms with E-state index in [1.807, 2.05) is 24.3 Å². The first-order chi connectivity index (χ1) is 8.77. The molecule has 3 nitrogen and oxygen atoms in total. The third kappa shape index (κ3) is 5.21. The minimum Gasteiger partial charge on any atom is -0.496 e. The van der Waals surface area contributed by atoms with Crippen molar-refractivity contribution in [2.75, 3.05) is 13.7 Å². The number of hydrogen-bond donors (Lipinski definition) is 0. The van der Waals surface area contributed by atoms with Gasteiger partial charge < -0.3 is 9.47 Å². The molecule has 0 saturated carbocycles. The normalized spacial score (nSPS) is 10.1. The first-order valence-corrected chi connectivity index (χ1v) is 6.55. The molecule has 0 fully saturated rings. The highest BCUT2D eigenvalue weighted by Gasteiger charge is 2.08. The van der Waals surface area contributed by atoms with Crippen molar-refractivity contribution in [1.82, 2.24) is 0 Å². The maximum atomic E-state index is 11.6. The molecule has 0 aliphatic carbocycles. The number of ether oxygens (including phenoxy) is 2. The number of benzene rings is 1. The van der Waals surface area contributed by atoms with E-state index >= 15 is 0 Å². The molecule has 0 aliphatic rings. The average molecular weight is 250 g/mol. The van der Waals surface area contributed by atoms with E-state index < -0.39 is 0 Å². The van der Waals surface area contributed by atoms with Crippen LogP contribution in [0.1, 0.15) is 38.2 Å². The fraction of sp³-hybridized carbons (Fsp3) is 0.533. The van der Waals surface area contributed by atoms with Gasteiger partial charge in [-0.25, -0.2) is 0 Å². The van der Waals surface area contributed by atoms with Crippen LogP contribution in [0.25, 0.3) is 0 Å². The Morgan fingerprint density at radius 2 is 1.94 bits per heavy atom. The summed E-state index contributed by atoms with van der Waals surface area (Å²) in [6.45, 7) is 2.68. The zero-order valence-electron chi connectivity index (χ0n) is 11.3. The number of hydrogen-bond acceptors (Lipinski definition) is 3. The summed E-state index contributed by atoms with van der Waals surface area (Å²) in [6, 6.07) is 7.52. The van der Waals surface area contributed by atoms with Crippen molar-refractivity contribution in [3.05, 3.63) is 29.8 Å². The summed E-state index contributed by atoms with van der Waals surface area (Å²) in [5, 5.41) is 0. The Balaban J connectivity index is 2.31. The van der Waals surface area contributed by atoms with Crippen molar-refractivity contribution in [2.45, 2.75) is 39.0 Å². The molecular weight excluding hydrogens is 228 g/mol. The molecule has 1 aromatic rings. The van der Waals surface area contributed by atoms with Crippen LogP contribution in [0.5, 0.6) is 5.75 Å². The lowest BCUT2D eigenvalue weighted by atomic mass is 10.1. The molecule has 0 atom stereocenters. The summed E-state index contributed by atoms with van der Waals surface area (Å²) in [5.41, 5.74) is 0.874. The van der Waals surface area contributed by atoms with Gasteiger partial charge in [-0.3, -0.25) is 4.79 Å². The van der Waals surface area contributed by atoms with E-state index in [-0.39, 0.29) is 12.4 Å². The maximum Gasteiger partial charge on any atom is 0.310 e. The standard InChI is InChI=1S/C15H22O3/c1-3-4-5-8-11-18-15(16)12-13-9-6-7-10-14(13)17-2/h6-7,9-10H,3-5,8,11-12H2,1-2H3. The van der Waals surface area contributed by atoms with E-state index in [1.165, 1.54) is 12.8 Å². The van der Waals surface area contributed by atoms with Gasteiger partial charge in [0, 0.05) is 5.56 Å². The predicted molar refractivity (Wildman–Crippen MR) is 71.8 cm³/mol. The molecule has 1 aromatic carbocycles. The van der Waals surface area contributed by atoms with Crippen LogP contribution in [-0.4, -0.2) is 19.7 Å². The van der Waals surface area contributed by atoms with Crippen LogP contribution in [0.15, 0.2) is 24.3 Å². The molecule has 0 unspecified atom stereocenters. The highest BCUT2D eigenvalue weighted by Crippen LogP contribution is 2.18. The number of rotatable bonds is 8. The van der Waals surface area contributed by atoms with Crippen LogP contribution < -0.4 is 4.74 Å². The number of methoxy groups -OCH3 is 1. The molecule has 0 aliphatic heterocycles. The molecule has 1 rings (SSSR count). The first kappa shape index (κ1) is 14.6. The van der Waals surface area contributed by atoms with Crippen LogP contribution in [0.3, 0.4) is 0 Å². The van der Waals surface area contributed by atoms with Crippen LogP contribution >= 0.6 is 0 Å². The van der Waals surface area contributed by atoms with Crippen LogP contribution in [0.4, 0.5) is 0 Å². The lowest BCUT2D eigenvalue weighted by Crippen LogP contribution is -2.09. The van der Waals surface area contributed by atoms with Crippen molar-refractivity contribution in [3.8, 4) is 5.75 Å². The van der Waals surface area contributed by atoms with Gasteiger partial charge >= 0.3 is 5.97 Å². The Morgan fingerprint density at radius 1 is 1.17 bits per heavy atom. The van der Waals surface area contributed by atoms with Crippen molar-refractivity contribution in [2.24, 2.45) is 0 Å². The van der Waals surface area contributed by atoms with Gasteiger partial charge in [-0.1, -0.05) is 44.4 Å².